The second-order valence-corrected chi connectivity index (χ2v) is 4.49. The average molecular weight is 297 g/mol. The van der Waals surface area contributed by atoms with Crippen molar-refractivity contribution in [1.29, 1.82) is 0 Å². The van der Waals surface area contributed by atoms with Crippen molar-refractivity contribution < 1.29 is 23.9 Å². The van der Waals surface area contributed by atoms with Gasteiger partial charge in [0.25, 0.3) is 0 Å². The van der Waals surface area contributed by atoms with Crippen molar-refractivity contribution in [1.82, 2.24) is 15.1 Å². The molecule has 1 rings (SSSR count). The number of esters is 2. The highest BCUT2D eigenvalue weighted by Crippen LogP contribution is 2.11. The van der Waals surface area contributed by atoms with Crippen LogP contribution in [0.3, 0.4) is 0 Å². The summed E-state index contributed by atoms with van der Waals surface area (Å²) in [5.74, 6) is -1.58. The molecule has 0 unspecified atom stereocenters. The van der Waals surface area contributed by atoms with Gasteiger partial charge in [0.1, 0.15) is 13.1 Å². The molecule has 21 heavy (non-hydrogen) atoms. The molecule has 1 N–H and O–H groups in total. The maximum atomic E-state index is 12.3. The zero-order valence-electron chi connectivity index (χ0n) is 12.6. The largest absolute Gasteiger partial charge is 0.468 e. The Labute approximate surface area is 122 Å². The number of aryl methyl sites for hydroxylation is 2. The van der Waals surface area contributed by atoms with Gasteiger partial charge in [-0.15, -0.1) is 0 Å². The standard InChI is InChI=1S/C13H19N3O5/c1-8-10(9(2)15-14-8)5-11(17)16(6-12(18)20-3)7-13(19)21-4/h5-7H2,1-4H3,(H,14,15). The van der Waals surface area contributed by atoms with Crippen molar-refractivity contribution in [2.24, 2.45) is 0 Å². The fourth-order valence-electron chi connectivity index (χ4n) is 1.77. The maximum absolute atomic E-state index is 12.3. The van der Waals surface area contributed by atoms with Crippen LogP contribution in [0.15, 0.2) is 0 Å². The molecular formula is C13H19N3O5. The minimum absolute atomic E-state index is 0.0438. The number of aromatic amines is 1. The van der Waals surface area contributed by atoms with Crippen molar-refractivity contribution in [3.05, 3.63) is 17.0 Å². The van der Waals surface area contributed by atoms with E-state index in [2.05, 4.69) is 19.7 Å². The topological polar surface area (TPSA) is 102 Å². The molecular weight excluding hydrogens is 278 g/mol. The van der Waals surface area contributed by atoms with Gasteiger partial charge in [0, 0.05) is 11.3 Å². The highest BCUT2D eigenvalue weighted by Gasteiger charge is 2.23. The second kappa shape index (κ2) is 7.41. The molecule has 0 saturated carbocycles. The Bertz CT molecular complexity index is 500. The second-order valence-electron chi connectivity index (χ2n) is 4.49. The number of methoxy groups -OCH3 is 2. The number of hydrogen-bond acceptors (Lipinski definition) is 6. The lowest BCUT2D eigenvalue weighted by molar-refractivity contribution is -0.151. The van der Waals surface area contributed by atoms with Crippen LogP contribution >= 0.6 is 0 Å². The molecule has 0 bridgehead atoms. The smallest absolute Gasteiger partial charge is 0.325 e. The lowest BCUT2D eigenvalue weighted by atomic mass is 10.1. The molecule has 1 aromatic heterocycles. The van der Waals surface area contributed by atoms with Crippen LogP contribution in [0.25, 0.3) is 0 Å². The first-order valence-electron chi connectivity index (χ1n) is 6.30. The monoisotopic (exact) mass is 297 g/mol. The number of amides is 1. The van der Waals surface area contributed by atoms with Crippen LogP contribution in [-0.2, 0) is 30.3 Å². The molecule has 0 aliphatic heterocycles. The zero-order valence-corrected chi connectivity index (χ0v) is 12.6. The van der Waals surface area contributed by atoms with E-state index in [9.17, 15) is 14.4 Å². The lowest BCUT2D eigenvalue weighted by Gasteiger charge is -2.20. The Morgan fingerprint density at radius 3 is 2.00 bits per heavy atom. The molecule has 8 heteroatoms. The Balaban J connectivity index is 2.83. The highest BCUT2D eigenvalue weighted by molar-refractivity contribution is 5.87. The van der Waals surface area contributed by atoms with Gasteiger partial charge in [-0.1, -0.05) is 0 Å². The predicted molar refractivity (Wildman–Crippen MR) is 72.4 cm³/mol. The maximum Gasteiger partial charge on any atom is 0.325 e. The number of carbonyl (C=O) groups excluding carboxylic acids is 3. The van der Waals surface area contributed by atoms with Gasteiger partial charge in [-0.25, -0.2) is 0 Å². The van der Waals surface area contributed by atoms with Gasteiger partial charge in [0.05, 0.1) is 26.3 Å². The SMILES string of the molecule is COC(=O)CN(CC(=O)OC)C(=O)Cc1c(C)n[nH]c1C. The molecule has 0 atom stereocenters. The number of nitrogens with one attached hydrogen (secondary N) is 1. The Hall–Kier alpha value is -2.38. The van der Waals surface area contributed by atoms with E-state index >= 15 is 0 Å². The Morgan fingerprint density at radius 2 is 1.62 bits per heavy atom. The number of nitrogens with zero attached hydrogens (tertiary/aromatic N) is 2. The van der Waals surface area contributed by atoms with Crippen molar-refractivity contribution in [2.75, 3.05) is 27.3 Å². The first kappa shape index (κ1) is 16.7. The summed E-state index contributed by atoms with van der Waals surface area (Å²) in [5.41, 5.74) is 2.23. The van der Waals surface area contributed by atoms with Crippen LogP contribution in [-0.4, -0.2) is 60.3 Å². The normalized spacial score (nSPS) is 10.1. The summed E-state index contributed by atoms with van der Waals surface area (Å²) in [6, 6.07) is 0. The summed E-state index contributed by atoms with van der Waals surface area (Å²) < 4.78 is 9.05. The summed E-state index contributed by atoms with van der Waals surface area (Å²) in [6.45, 7) is 2.96. The van der Waals surface area contributed by atoms with Crippen LogP contribution in [0.5, 0.6) is 0 Å². The average Bonchev–Trinajstić information content (AvgIpc) is 2.77. The number of ether oxygens (including phenoxy) is 2. The molecule has 116 valence electrons. The molecule has 0 radical (unpaired) electrons. The van der Waals surface area contributed by atoms with Crippen LogP contribution in [0, 0.1) is 13.8 Å². The predicted octanol–water partition coefficient (Wildman–Crippen LogP) is -0.256. The quantitative estimate of drug-likeness (QED) is 0.726. The molecule has 0 saturated heterocycles. The summed E-state index contributed by atoms with van der Waals surface area (Å²) in [7, 11) is 2.43. The Morgan fingerprint density at radius 1 is 1.10 bits per heavy atom. The number of carbonyl (C=O) groups is 3. The van der Waals surface area contributed by atoms with Gasteiger partial charge in [-0.2, -0.15) is 5.10 Å². The first-order chi connectivity index (χ1) is 9.88. The van der Waals surface area contributed by atoms with E-state index in [-0.39, 0.29) is 25.4 Å². The molecule has 0 spiro atoms. The molecule has 1 aromatic rings. The summed E-state index contributed by atoms with van der Waals surface area (Å²) in [6.07, 6.45) is 0.0438. The first-order valence-corrected chi connectivity index (χ1v) is 6.30. The third-order valence-electron chi connectivity index (χ3n) is 3.06. The zero-order chi connectivity index (χ0) is 16.0. The molecule has 1 heterocycles. The minimum atomic E-state index is -0.604. The molecule has 1 amide bonds. The minimum Gasteiger partial charge on any atom is -0.468 e. The lowest BCUT2D eigenvalue weighted by Crippen LogP contribution is -2.41. The van der Waals surface area contributed by atoms with E-state index in [1.165, 1.54) is 14.2 Å². The summed E-state index contributed by atoms with van der Waals surface area (Å²) in [4.78, 5) is 36.1. The summed E-state index contributed by atoms with van der Waals surface area (Å²) >= 11 is 0. The van der Waals surface area contributed by atoms with Crippen molar-refractivity contribution in [3.8, 4) is 0 Å². The van der Waals surface area contributed by atoms with E-state index in [0.717, 1.165) is 16.2 Å². The number of rotatable bonds is 6. The molecule has 0 aliphatic rings. The van der Waals surface area contributed by atoms with Gasteiger partial charge < -0.3 is 14.4 Å². The third-order valence-corrected chi connectivity index (χ3v) is 3.06. The third kappa shape index (κ3) is 4.59. The highest BCUT2D eigenvalue weighted by atomic mass is 16.5. The van der Waals surface area contributed by atoms with Crippen molar-refractivity contribution in [3.63, 3.8) is 0 Å². The summed E-state index contributed by atoms with van der Waals surface area (Å²) in [5, 5.41) is 6.78. The molecule has 8 nitrogen and oxygen atoms in total. The molecule has 0 fully saturated rings. The van der Waals surface area contributed by atoms with Crippen LogP contribution < -0.4 is 0 Å². The fourth-order valence-corrected chi connectivity index (χ4v) is 1.77. The molecule has 0 aliphatic carbocycles. The van der Waals surface area contributed by atoms with E-state index in [4.69, 9.17) is 0 Å². The van der Waals surface area contributed by atoms with Crippen LogP contribution in [0.2, 0.25) is 0 Å². The van der Waals surface area contributed by atoms with Gasteiger partial charge >= 0.3 is 11.9 Å². The van der Waals surface area contributed by atoms with E-state index in [1.807, 2.05) is 0 Å². The van der Waals surface area contributed by atoms with Gasteiger partial charge in [0.15, 0.2) is 0 Å². The van der Waals surface area contributed by atoms with E-state index in [1.54, 1.807) is 13.8 Å². The van der Waals surface area contributed by atoms with Crippen LogP contribution in [0.1, 0.15) is 17.0 Å². The van der Waals surface area contributed by atoms with Crippen molar-refractivity contribution >= 4 is 17.8 Å². The number of aromatic nitrogens is 2. The van der Waals surface area contributed by atoms with Gasteiger partial charge in [-0.3, -0.25) is 19.5 Å². The molecule has 0 aromatic carbocycles. The number of hydrogen-bond donors (Lipinski definition) is 1. The van der Waals surface area contributed by atoms with E-state index in [0.29, 0.717) is 5.69 Å². The van der Waals surface area contributed by atoms with Gasteiger partial charge in [0.2, 0.25) is 5.91 Å². The number of H-pyrrole nitrogens is 1. The van der Waals surface area contributed by atoms with Crippen LogP contribution in [0.4, 0.5) is 0 Å². The van der Waals surface area contributed by atoms with Crippen molar-refractivity contribution in [2.45, 2.75) is 20.3 Å². The van der Waals surface area contributed by atoms with Gasteiger partial charge in [-0.05, 0) is 13.8 Å². The fraction of sp³-hybridized carbons (Fsp3) is 0.538. The Kier molecular flexibility index (Phi) is 5.89. The van der Waals surface area contributed by atoms with E-state index < -0.39 is 11.9 Å².